The van der Waals surface area contributed by atoms with Crippen molar-refractivity contribution >= 4 is 18.5 Å². The SMILES string of the molecule is CCCCCCCCCCOP(O)(O)=S.CCCCCCCCN. The third-order valence-corrected chi connectivity index (χ3v) is 4.65. The van der Waals surface area contributed by atoms with Gasteiger partial charge in [0.1, 0.15) is 0 Å². The van der Waals surface area contributed by atoms with Crippen LogP contribution in [0.25, 0.3) is 0 Å². The Morgan fingerprint density at radius 1 is 0.708 bits per heavy atom. The summed E-state index contributed by atoms with van der Waals surface area (Å²) in [5.41, 5.74) is 5.34. The fourth-order valence-electron chi connectivity index (χ4n) is 2.34. The highest BCUT2D eigenvalue weighted by atomic mass is 32.5. The number of rotatable bonds is 16. The molecule has 4 N–H and O–H groups in total. The lowest BCUT2D eigenvalue weighted by Gasteiger charge is -2.07. The molecule has 6 heteroatoms. The lowest BCUT2D eigenvalue weighted by atomic mass is 10.1. The van der Waals surface area contributed by atoms with Crippen LogP contribution in [0.3, 0.4) is 0 Å². The predicted octanol–water partition coefficient (Wildman–Crippen LogP) is 5.66. The molecule has 148 valence electrons. The summed E-state index contributed by atoms with van der Waals surface area (Å²) in [4.78, 5) is 17.6. The van der Waals surface area contributed by atoms with Crippen molar-refractivity contribution in [2.45, 2.75) is 104 Å². The van der Waals surface area contributed by atoms with Crippen LogP contribution in [0, 0.1) is 0 Å². The van der Waals surface area contributed by atoms with Gasteiger partial charge in [0, 0.05) is 0 Å². The van der Waals surface area contributed by atoms with Gasteiger partial charge in [-0.2, -0.15) is 0 Å². The van der Waals surface area contributed by atoms with Crippen LogP contribution in [0.5, 0.6) is 0 Å². The molecule has 0 aromatic heterocycles. The molecule has 24 heavy (non-hydrogen) atoms. The van der Waals surface area contributed by atoms with E-state index in [9.17, 15) is 0 Å². The van der Waals surface area contributed by atoms with Gasteiger partial charge < -0.3 is 20.0 Å². The second kappa shape index (κ2) is 21.5. The molecule has 0 rings (SSSR count). The van der Waals surface area contributed by atoms with E-state index in [0.29, 0.717) is 6.61 Å². The normalized spacial score (nSPS) is 11.2. The smallest absolute Gasteiger partial charge is 0.321 e. The van der Waals surface area contributed by atoms with Crippen LogP contribution >= 0.6 is 6.72 Å². The molecule has 0 aromatic carbocycles. The predicted molar refractivity (Wildman–Crippen MR) is 110 cm³/mol. The highest BCUT2D eigenvalue weighted by Crippen LogP contribution is 2.36. The van der Waals surface area contributed by atoms with Crippen molar-refractivity contribution in [3.63, 3.8) is 0 Å². The van der Waals surface area contributed by atoms with Crippen LogP contribution in [-0.2, 0) is 16.3 Å². The van der Waals surface area contributed by atoms with Crippen molar-refractivity contribution in [3.8, 4) is 0 Å². The summed E-state index contributed by atoms with van der Waals surface area (Å²) in [6.07, 6.45) is 17.7. The van der Waals surface area contributed by atoms with E-state index in [-0.39, 0.29) is 0 Å². The second-order valence-corrected chi connectivity index (χ2v) is 9.02. The zero-order chi connectivity index (χ0) is 18.5. The molecule has 0 fully saturated rings. The number of hydrogen-bond donors (Lipinski definition) is 3. The van der Waals surface area contributed by atoms with Crippen LogP contribution in [-0.4, -0.2) is 22.9 Å². The Hall–Kier alpha value is 0.490. The number of unbranched alkanes of at least 4 members (excludes halogenated alkanes) is 12. The topological polar surface area (TPSA) is 75.7 Å². The van der Waals surface area contributed by atoms with E-state index in [2.05, 4.69) is 25.7 Å². The summed E-state index contributed by atoms with van der Waals surface area (Å²) in [6, 6.07) is 0. The average Bonchev–Trinajstić information content (AvgIpc) is 2.53. The first-order valence-corrected chi connectivity index (χ1v) is 12.5. The van der Waals surface area contributed by atoms with Gasteiger partial charge in [0.15, 0.2) is 0 Å². The van der Waals surface area contributed by atoms with Gasteiger partial charge in [0.25, 0.3) is 0 Å². The third-order valence-electron chi connectivity index (χ3n) is 3.82. The summed E-state index contributed by atoms with van der Waals surface area (Å²) in [6.45, 7) is 2.29. The molecule has 4 nitrogen and oxygen atoms in total. The van der Waals surface area contributed by atoms with Gasteiger partial charge >= 0.3 is 6.72 Å². The Labute approximate surface area is 155 Å². The van der Waals surface area contributed by atoms with E-state index in [4.69, 9.17) is 20.0 Å². The second-order valence-electron chi connectivity index (χ2n) is 6.36. The Bertz CT molecular complexity index is 269. The van der Waals surface area contributed by atoms with Gasteiger partial charge in [-0.25, -0.2) is 0 Å². The van der Waals surface area contributed by atoms with E-state index < -0.39 is 6.72 Å². The molecule has 0 bridgehead atoms. The van der Waals surface area contributed by atoms with E-state index in [1.807, 2.05) is 0 Å². The minimum absolute atomic E-state index is 0.374. The summed E-state index contributed by atoms with van der Waals surface area (Å²) >= 11 is 4.33. The van der Waals surface area contributed by atoms with Crippen LogP contribution in [0.2, 0.25) is 0 Å². The Kier molecular flexibility index (Phi) is 24.0. The highest BCUT2D eigenvalue weighted by Gasteiger charge is 2.05. The molecule has 0 atom stereocenters. The first-order chi connectivity index (χ1) is 11.5. The maximum Gasteiger partial charge on any atom is 0.321 e. The first kappa shape index (κ1) is 26.7. The molecule has 0 unspecified atom stereocenters. The lowest BCUT2D eigenvalue weighted by molar-refractivity contribution is 0.245. The van der Waals surface area contributed by atoms with Gasteiger partial charge in [-0.05, 0) is 31.2 Å². The van der Waals surface area contributed by atoms with E-state index in [0.717, 1.165) is 19.4 Å². The minimum atomic E-state index is -3.40. The first-order valence-electron chi connectivity index (χ1n) is 9.88. The van der Waals surface area contributed by atoms with Crippen LogP contribution in [0.4, 0.5) is 0 Å². The van der Waals surface area contributed by atoms with Gasteiger partial charge in [-0.1, -0.05) is 90.9 Å². The standard InChI is InChI=1S/C10H23O3PS.C8H19N/c1-2-3-4-5-6-7-8-9-10-13-14(11,12)15;1-2-3-4-5-6-7-8-9/h2-10H2,1H3,(H2,11,12,15);2-9H2,1H3. The monoisotopic (exact) mass is 383 g/mol. The molecule has 0 heterocycles. The molecule has 0 aliphatic rings. The van der Waals surface area contributed by atoms with Crippen LogP contribution in [0.1, 0.15) is 104 Å². The van der Waals surface area contributed by atoms with Crippen molar-refractivity contribution in [1.29, 1.82) is 0 Å². The van der Waals surface area contributed by atoms with Gasteiger partial charge in [-0.3, -0.25) is 0 Å². The zero-order valence-electron chi connectivity index (χ0n) is 16.0. The fourth-order valence-corrected chi connectivity index (χ4v) is 2.93. The van der Waals surface area contributed by atoms with Gasteiger partial charge in [-0.15, -0.1) is 0 Å². The maximum absolute atomic E-state index is 8.78. The molecular formula is C18H42NO3PS. The molecule has 0 saturated carbocycles. The zero-order valence-corrected chi connectivity index (χ0v) is 17.8. The molecule has 0 aliphatic heterocycles. The highest BCUT2D eigenvalue weighted by molar-refractivity contribution is 8.06. The quantitative estimate of drug-likeness (QED) is 0.237. The largest absolute Gasteiger partial charge is 0.330 e. The van der Waals surface area contributed by atoms with E-state index >= 15 is 0 Å². The summed E-state index contributed by atoms with van der Waals surface area (Å²) in [5, 5.41) is 0. The lowest BCUT2D eigenvalue weighted by Crippen LogP contribution is -1.97. The third kappa shape index (κ3) is 30.4. The summed E-state index contributed by atoms with van der Waals surface area (Å²) in [7, 11) is 0. The number of nitrogens with two attached hydrogens (primary N) is 1. The number of hydrogen-bond acceptors (Lipinski definition) is 3. The van der Waals surface area contributed by atoms with Crippen molar-refractivity contribution in [2.75, 3.05) is 13.2 Å². The molecule has 0 spiro atoms. The molecule has 0 amide bonds. The molecule has 0 aromatic rings. The van der Waals surface area contributed by atoms with Crippen molar-refractivity contribution in [2.24, 2.45) is 5.73 Å². The maximum atomic E-state index is 8.78. The molecule has 0 radical (unpaired) electrons. The average molecular weight is 384 g/mol. The van der Waals surface area contributed by atoms with Crippen LogP contribution in [0.15, 0.2) is 0 Å². The van der Waals surface area contributed by atoms with Crippen molar-refractivity contribution in [3.05, 3.63) is 0 Å². The minimum Gasteiger partial charge on any atom is -0.330 e. The molecule has 0 saturated heterocycles. The van der Waals surface area contributed by atoms with E-state index in [1.165, 1.54) is 77.0 Å². The fraction of sp³-hybridized carbons (Fsp3) is 1.00. The van der Waals surface area contributed by atoms with E-state index in [1.54, 1.807) is 0 Å². The van der Waals surface area contributed by atoms with Crippen molar-refractivity contribution in [1.82, 2.24) is 0 Å². The molecule has 0 aliphatic carbocycles. The van der Waals surface area contributed by atoms with Crippen molar-refractivity contribution < 1.29 is 14.3 Å². The van der Waals surface area contributed by atoms with Gasteiger partial charge in [0.05, 0.1) is 6.61 Å². The summed E-state index contributed by atoms with van der Waals surface area (Å²) in [5.74, 6) is 0. The van der Waals surface area contributed by atoms with Crippen LogP contribution < -0.4 is 5.73 Å². The Balaban J connectivity index is 0. The van der Waals surface area contributed by atoms with Gasteiger partial charge in [0.2, 0.25) is 0 Å². The Morgan fingerprint density at radius 3 is 1.46 bits per heavy atom. The summed E-state index contributed by atoms with van der Waals surface area (Å²) < 4.78 is 4.71. The Morgan fingerprint density at radius 2 is 1.08 bits per heavy atom. The molecular weight excluding hydrogens is 341 g/mol.